The lowest BCUT2D eigenvalue weighted by Crippen LogP contribution is -2.32. The topological polar surface area (TPSA) is 15.3 Å². The van der Waals surface area contributed by atoms with Crippen LogP contribution in [0, 0.1) is 0 Å². The second-order valence-corrected chi connectivity index (χ2v) is 5.07. The van der Waals surface area contributed by atoms with Crippen LogP contribution in [0.4, 0.5) is 0 Å². The summed E-state index contributed by atoms with van der Waals surface area (Å²) in [6.45, 7) is 10.0. The number of hydrogen-bond donors (Lipinski definition) is 1. The third-order valence-electron chi connectivity index (χ3n) is 3.00. The number of rotatable bonds is 8. The number of likely N-dealkylation sites (N-methyl/N-ethyl adjacent to an activating group) is 1. The number of benzene rings is 1. The summed E-state index contributed by atoms with van der Waals surface area (Å²) in [7, 11) is 0. The lowest BCUT2D eigenvalue weighted by Gasteiger charge is -2.17. The summed E-state index contributed by atoms with van der Waals surface area (Å²) in [6, 6.07) is 8.56. The van der Waals surface area contributed by atoms with E-state index in [-0.39, 0.29) is 0 Å². The second-order valence-electron chi connectivity index (χ2n) is 4.15. The van der Waals surface area contributed by atoms with E-state index in [9.17, 15) is 0 Å². The lowest BCUT2D eigenvalue weighted by molar-refractivity contribution is 0.303. The van der Waals surface area contributed by atoms with Gasteiger partial charge in [0.1, 0.15) is 0 Å². The molecule has 0 amide bonds. The molecule has 1 N–H and O–H groups in total. The minimum absolute atomic E-state index is 1.06. The molecular weight excluding hydrogens is 276 g/mol. The molecule has 1 rings (SSSR count). The largest absolute Gasteiger partial charge is 0.315 e. The maximum Gasteiger partial charge on any atom is 0.0175 e. The second kappa shape index (κ2) is 8.67. The molecule has 0 aliphatic heterocycles. The van der Waals surface area contributed by atoms with E-state index in [1.165, 1.54) is 5.56 Å². The summed E-state index contributed by atoms with van der Waals surface area (Å²) in [5.41, 5.74) is 1.39. The van der Waals surface area contributed by atoms with Crippen LogP contribution in [-0.2, 0) is 6.42 Å². The van der Waals surface area contributed by atoms with Crippen molar-refractivity contribution in [2.45, 2.75) is 20.3 Å². The molecule has 0 unspecified atom stereocenters. The van der Waals surface area contributed by atoms with Gasteiger partial charge < -0.3 is 10.2 Å². The van der Waals surface area contributed by atoms with Crippen molar-refractivity contribution in [2.75, 3.05) is 32.7 Å². The Bertz CT molecular complexity index is 294. The van der Waals surface area contributed by atoms with Crippen LogP contribution in [0.5, 0.6) is 0 Å². The number of halogens is 1. The molecule has 2 nitrogen and oxygen atoms in total. The summed E-state index contributed by atoms with van der Waals surface area (Å²) in [5, 5.41) is 3.49. The van der Waals surface area contributed by atoms with E-state index in [2.05, 4.69) is 64.3 Å². The van der Waals surface area contributed by atoms with Gasteiger partial charge in [-0.25, -0.2) is 0 Å². The first-order valence-electron chi connectivity index (χ1n) is 6.43. The zero-order chi connectivity index (χ0) is 12.5. The highest BCUT2D eigenvalue weighted by Gasteiger charge is 1.97. The fraction of sp³-hybridized carbons (Fsp3) is 0.571. The normalized spacial score (nSPS) is 11.1. The molecule has 0 fully saturated rings. The molecule has 0 radical (unpaired) electrons. The van der Waals surface area contributed by atoms with Crippen molar-refractivity contribution in [1.82, 2.24) is 10.2 Å². The van der Waals surface area contributed by atoms with Crippen molar-refractivity contribution in [3.05, 3.63) is 34.3 Å². The quantitative estimate of drug-likeness (QED) is 0.743. The number of hydrogen-bond acceptors (Lipinski definition) is 2. The van der Waals surface area contributed by atoms with Crippen molar-refractivity contribution in [3.63, 3.8) is 0 Å². The maximum atomic E-state index is 3.49. The standard InChI is InChI=1S/C14H23BrN2/c1-3-17(4-2)12-11-16-10-9-13-5-7-14(15)8-6-13/h5-8,16H,3-4,9-12H2,1-2H3. The molecule has 0 spiro atoms. The molecule has 17 heavy (non-hydrogen) atoms. The van der Waals surface area contributed by atoms with E-state index in [1.54, 1.807) is 0 Å². The smallest absolute Gasteiger partial charge is 0.0175 e. The Morgan fingerprint density at radius 1 is 1.06 bits per heavy atom. The van der Waals surface area contributed by atoms with Gasteiger partial charge in [0.15, 0.2) is 0 Å². The van der Waals surface area contributed by atoms with Crippen LogP contribution in [-0.4, -0.2) is 37.6 Å². The van der Waals surface area contributed by atoms with E-state index in [1.807, 2.05) is 0 Å². The molecule has 0 saturated heterocycles. The highest BCUT2D eigenvalue weighted by Crippen LogP contribution is 2.10. The number of nitrogens with zero attached hydrogens (tertiary/aromatic N) is 1. The zero-order valence-electron chi connectivity index (χ0n) is 10.9. The molecule has 1 aromatic carbocycles. The van der Waals surface area contributed by atoms with Gasteiger partial charge in [-0.3, -0.25) is 0 Å². The highest BCUT2D eigenvalue weighted by atomic mass is 79.9. The van der Waals surface area contributed by atoms with Gasteiger partial charge in [-0.1, -0.05) is 41.9 Å². The Balaban J connectivity index is 2.10. The zero-order valence-corrected chi connectivity index (χ0v) is 12.5. The van der Waals surface area contributed by atoms with Gasteiger partial charge >= 0.3 is 0 Å². The SMILES string of the molecule is CCN(CC)CCNCCc1ccc(Br)cc1. The maximum absolute atomic E-state index is 3.49. The molecule has 1 aromatic rings. The fourth-order valence-corrected chi connectivity index (χ4v) is 2.05. The van der Waals surface area contributed by atoms with Gasteiger partial charge in [0, 0.05) is 17.6 Å². The highest BCUT2D eigenvalue weighted by molar-refractivity contribution is 9.10. The first-order chi connectivity index (χ1) is 8.26. The molecular formula is C14H23BrN2. The first-order valence-corrected chi connectivity index (χ1v) is 7.23. The number of nitrogens with one attached hydrogen (secondary N) is 1. The van der Waals surface area contributed by atoms with Gasteiger partial charge in [0.25, 0.3) is 0 Å². The molecule has 0 aliphatic carbocycles. The minimum atomic E-state index is 1.06. The molecule has 96 valence electrons. The molecule has 0 aromatic heterocycles. The predicted octanol–water partition coefficient (Wildman–Crippen LogP) is 2.92. The van der Waals surface area contributed by atoms with E-state index in [0.29, 0.717) is 0 Å². The van der Waals surface area contributed by atoms with Crippen LogP contribution < -0.4 is 5.32 Å². The van der Waals surface area contributed by atoms with Gasteiger partial charge in [-0.2, -0.15) is 0 Å². The van der Waals surface area contributed by atoms with Crippen molar-refractivity contribution < 1.29 is 0 Å². The predicted molar refractivity (Wildman–Crippen MR) is 78.5 cm³/mol. The van der Waals surface area contributed by atoms with Gasteiger partial charge in [-0.05, 0) is 43.8 Å². The minimum Gasteiger partial charge on any atom is -0.315 e. The lowest BCUT2D eigenvalue weighted by atomic mass is 10.1. The Labute approximate surface area is 114 Å². The van der Waals surface area contributed by atoms with Crippen LogP contribution >= 0.6 is 15.9 Å². The molecule has 0 saturated carbocycles. The van der Waals surface area contributed by atoms with Gasteiger partial charge in [0.2, 0.25) is 0 Å². The first kappa shape index (κ1) is 14.7. The average Bonchev–Trinajstić information content (AvgIpc) is 2.36. The van der Waals surface area contributed by atoms with Crippen molar-refractivity contribution in [2.24, 2.45) is 0 Å². The Morgan fingerprint density at radius 3 is 2.29 bits per heavy atom. The summed E-state index contributed by atoms with van der Waals surface area (Å²) in [6.07, 6.45) is 1.10. The summed E-state index contributed by atoms with van der Waals surface area (Å²) >= 11 is 3.45. The van der Waals surface area contributed by atoms with E-state index in [0.717, 1.165) is 43.6 Å². The molecule has 0 aliphatic rings. The average molecular weight is 299 g/mol. The summed E-state index contributed by atoms with van der Waals surface area (Å²) < 4.78 is 1.15. The van der Waals surface area contributed by atoms with E-state index in [4.69, 9.17) is 0 Å². The van der Waals surface area contributed by atoms with Crippen LogP contribution in [0.15, 0.2) is 28.7 Å². The molecule has 0 bridgehead atoms. The van der Waals surface area contributed by atoms with Crippen LogP contribution in [0.25, 0.3) is 0 Å². The third-order valence-corrected chi connectivity index (χ3v) is 3.53. The van der Waals surface area contributed by atoms with Crippen LogP contribution in [0.1, 0.15) is 19.4 Å². The van der Waals surface area contributed by atoms with E-state index < -0.39 is 0 Å². The summed E-state index contributed by atoms with van der Waals surface area (Å²) in [5.74, 6) is 0. The Hall–Kier alpha value is -0.380. The monoisotopic (exact) mass is 298 g/mol. The van der Waals surface area contributed by atoms with Crippen molar-refractivity contribution >= 4 is 15.9 Å². The molecule has 3 heteroatoms. The molecule has 0 atom stereocenters. The fourth-order valence-electron chi connectivity index (χ4n) is 1.79. The Morgan fingerprint density at radius 2 is 1.71 bits per heavy atom. The van der Waals surface area contributed by atoms with Crippen molar-refractivity contribution in [3.8, 4) is 0 Å². The van der Waals surface area contributed by atoms with Crippen LogP contribution in [0.2, 0.25) is 0 Å². The Kier molecular flexibility index (Phi) is 7.49. The molecule has 0 heterocycles. The van der Waals surface area contributed by atoms with Crippen LogP contribution in [0.3, 0.4) is 0 Å². The van der Waals surface area contributed by atoms with Gasteiger partial charge in [-0.15, -0.1) is 0 Å². The van der Waals surface area contributed by atoms with Gasteiger partial charge in [0.05, 0.1) is 0 Å². The third kappa shape index (κ3) is 6.20. The van der Waals surface area contributed by atoms with Crippen molar-refractivity contribution in [1.29, 1.82) is 0 Å². The summed E-state index contributed by atoms with van der Waals surface area (Å²) in [4.78, 5) is 2.44. The van der Waals surface area contributed by atoms with E-state index >= 15 is 0 Å².